The number of fused-ring (bicyclic) bond motifs is 1. The summed E-state index contributed by atoms with van der Waals surface area (Å²) >= 11 is 0. The maximum atomic E-state index is 6.15. The predicted molar refractivity (Wildman–Crippen MR) is 92.5 cm³/mol. The maximum absolute atomic E-state index is 6.15. The van der Waals surface area contributed by atoms with Crippen LogP contribution in [0.15, 0.2) is 54.7 Å². The molecule has 0 N–H and O–H groups in total. The number of allylic oxidation sites excluding steroid dienone is 1. The molecule has 0 saturated heterocycles. The van der Waals surface area contributed by atoms with Gasteiger partial charge >= 0.3 is 0 Å². The average molecular weight is 293 g/mol. The van der Waals surface area contributed by atoms with Gasteiger partial charge in [0, 0.05) is 18.2 Å². The molecular formula is C20H23NO. The molecule has 3 rings (SSSR count). The summed E-state index contributed by atoms with van der Waals surface area (Å²) in [5.74, 6) is 0.938. The van der Waals surface area contributed by atoms with Crippen molar-refractivity contribution in [1.82, 2.24) is 0 Å². The lowest BCUT2D eigenvalue weighted by Crippen LogP contribution is -2.21. The number of hydrogen-bond acceptors (Lipinski definition) is 2. The van der Waals surface area contributed by atoms with Crippen LogP contribution in [0.5, 0.6) is 5.75 Å². The van der Waals surface area contributed by atoms with E-state index in [0.717, 1.165) is 17.1 Å². The highest BCUT2D eigenvalue weighted by Crippen LogP contribution is 2.50. The van der Waals surface area contributed by atoms with Gasteiger partial charge in [0.2, 0.25) is 0 Å². The first-order valence-corrected chi connectivity index (χ1v) is 7.66. The lowest BCUT2D eigenvalue weighted by molar-refractivity contribution is 0.307. The summed E-state index contributed by atoms with van der Waals surface area (Å²) in [5.41, 5.74) is 5.90. The minimum Gasteiger partial charge on any atom is -0.487 e. The van der Waals surface area contributed by atoms with Gasteiger partial charge in [0.25, 0.3) is 0 Å². The second kappa shape index (κ2) is 5.20. The fourth-order valence-electron chi connectivity index (χ4n) is 3.12. The van der Waals surface area contributed by atoms with E-state index in [-0.39, 0.29) is 5.41 Å². The Morgan fingerprint density at radius 1 is 1.14 bits per heavy atom. The van der Waals surface area contributed by atoms with E-state index in [1.54, 1.807) is 0 Å². The van der Waals surface area contributed by atoms with Crippen molar-refractivity contribution in [3.8, 4) is 5.75 Å². The number of aryl methyl sites for hydroxylation is 1. The van der Waals surface area contributed by atoms with Gasteiger partial charge in [0.1, 0.15) is 12.4 Å². The van der Waals surface area contributed by atoms with Crippen LogP contribution in [0, 0.1) is 6.92 Å². The number of nitrogens with zero attached hydrogens (tertiary/aromatic N) is 1. The number of ether oxygens (including phenoxy) is 1. The van der Waals surface area contributed by atoms with Gasteiger partial charge in [-0.2, -0.15) is 0 Å². The normalized spacial score (nSPS) is 15.8. The Kier molecular flexibility index (Phi) is 3.48. The van der Waals surface area contributed by atoms with E-state index in [1.807, 2.05) is 18.2 Å². The van der Waals surface area contributed by atoms with Gasteiger partial charge in [-0.15, -0.1) is 0 Å². The van der Waals surface area contributed by atoms with Crippen molar-refractivity contribution in [2.75, 3.05) is 11.9 Å². The lowest BCUT2D eigenvalue weighted by Gasteiger charge is -2.22. The number of benzene rings is 2. The average Bonchev–Trinajstić information content (AvgIpc) is 2.67. The van der Waals surface area contributed by atoms with Gasteiger partial charge in [-0.05, 0) is 29.7 Å². The summed E-state index contributed by atoms with van der Waals surface area (Å²) in [6.07, 6.45) is 0. The van der Waals surface area contributed by atoms with Gasteiger partial charge in [0.05, 0.1) is 5.69 Å². The molecule has 0 aromatic heterocycles. The van der Waals surface area contributed by atoms with Gasteiger partial charge in [-0.25, -0.2) is 0 Å². The van der Waals surface area contributed by atoms with Crippen LogP contribution in [0.25, 0.3) is 0 Å². The summed E-state index contributed by atoms with van der Waals surface area (Å²) in [7, 11) is 2.07. The summed E-state index contributed by atoms with van der Waals surface area (Å²) in [6, 6.07) is 14.6. The zero-order valence-electron chi connectivity index (χ0n) is 13.8. The number of anilines is 1. The van der Waals surface area contributed by atoms with Crippen molar-refractivity contribution in [3.63, 3.8) is 0 Å². The first-order valence-electron chi connectivity index (χ1n) is 7.66. The Hall–Kier alpha value is -2.22. The molecule has 0 bridgehead atoms. The van der Waals surface area contributed by atoms with Gasteiger partial charge in [0.15, 0.2) is 0 Å². The number of rotatable bonds is 3. The van der Waals surface area contributed by atoms with E-state index in [4.69, 9.17) is 4.74 Å². The maximum Gasteiger partial charge on any atom is 0.144 e. The largest absolute Gasteiger partial charge is 0.487 e. The number of likely N-dealkylation sites (N-methyl/N-ethyl adjacent to an activating group) is 1. The molecule has 2 aromatic rings. The quantitative estimate of drug-likeness (QED) is 0.805. The zero-order chi connectivity index (χ0) is 15.9. The van der Waals surface area contributed by atoms with E-state index < -0.39 is 0 Å². The standard InChI is InChI=1S/C20H23NO/c1-14-11-17-19(21(5)15(2)20(17,3)4)18(12-14)22-13-16-9-7-6-8-10-16/h6-12H,2,13H2,1,3-5H3. The van der Waals surface area contributed by atoms with Crippen LogP contribution in [0.3, 0.4) is 0 Å². The molecule has 2 nitrogen and oxygen atoms in total. The summed E-state index contributed by atoms with van der Waals surface area (Å²) in [4.78, 5) is 2.16. The van der Waals surface area contributed by atoms with Crippen LogP contribution in [-0.4, -0.2) is 7.05 Å². The molecule has 0 unspecified atom stereocenters. The zero-order valence-corrected chi connectivity index (χ0v) is 13.8. The molecular weight excluding hydrogens is 270 g/mol. The highest BCUT2D eigenvalue weighted by Gasteiger charge is 2.39. The summed E-state index contributed by atoms with van der Waals surface area (Å²) in [6.45, 7) is 11.4. The molecule has 0 radical (unpaired) electrons. The first-order chi connectivity index (χ1) is 10.4. The Morgan fingerprint density at radius 3 is 2.50 bits per heavy atom. The Morgan fingerprint density at radius 2 is 1.82 bits per heavy atom. The topological polar surface area (TPSA) is 12.5 Å². The third-order valence-corrected chi connectivity index (χ3v) is 4.59. The molecule has 1 aliphatic rings. The third-order valence-electron chi connectivity index (χ3n) is 4.59. The van der Waals surface area contributed by atoms with Crippen molar-refractivity contribution < 1.29 is 4.74 Å². The van der Waals surface area contributed by atoms with Crippen LogP contribution in [0.1, 0.15) is 30.5 Å². The highest BCUT2D eigenvalue weighted by molar-refractivity contribution is 5.76. The van der Waals surface area contributed by atoms with Gasteiger partial charge < -0.3 is 9.64 Å². The minimum atomic E-state index is -0.0546. The van der Waals surface area contributed by atoms with Crippen molar-refractivity contribution in [2.45, 2.75) is 32.8 Å². The van der Waals surface area contributed by atoms with Gasteiger partial charge in [-0.1, -0.05) is 56.8 Å². The Bertz CT molecular complexity index is 716. The fraction of sp³-hybridized carbons (Fsp3) is 0.300. The molecule has 0 saturated carbocycles. The monoisotopic (exact) mass is 293 g/mol. The van der Waals surface area contributed by atoms with E-state index in [0.29, 0.717) is 6.61 Å². The van der Waals surface area contributed by atoms with Crippen molar-refractivity contribution >= 4 is 5.69 Å². The Balaban J connectivity index is 1.98. The molecule has 0 spiro atoms. The first kappa shape index (κ1) is 14.7. The Labute approximate surface area is 133 Å². The van der Waals surface area contributed by atoms with E-state index in [9.17, 15) is 0 Å². The molecule has 22 heavy (non-hydrogen) atoms. The van der Waals surface area contributed by atoms with Crippen LogP contribution in [0.2, 0.25) is 0 Å². The molecule has 1 aliphatic heterocycles. The fourth-order valence-corrected chi connectivity index (χ4v) is 3.12. The van der Waals surface area contributed by atoms with Crippen LogP contribution >= 0.6 is 0 Å². The molecule has 114 valence electrons. The molecule has 2 heteroatoms. The second-order valence-corrected chi connectivity index (χ2v) is 6.56. The predicted octanol–water partition coefficient (Wildman–Crippen LogP) is 4.82. The molecule has 1 heterocycles. The second-order valence-electron chi connectivity index (χ2n) is 6.56. The van der Waals surface area contributed by atoms with Crippen LogP contribution in [0.4, 0.5) is 5.69 Å². The van der Waals surface area contributed by atoms with Crippen molar-refractivity contribution in [1.29, 1.82) is 0 Å². The van der Waals surface area contributed by atoms with E-state index >= 15 is 0 Å². The van der Waals surface area contributed by atoms with Gasteiger partial charge in [-0.3, -0.25) is 0 Å². The van der Waals surface area contributed by atoms with Crippen molar-refractivity contribution in [2.24, 2.45) is 0 Å². The van der Waals surface area contributed by atoms with E-state index in [1.165, 1.54) is 16.7 Å². The smallest absolute Gasteiger partial charge is 0.144 e. The van der Waals surface area contributed by atoms with E-state index in [2.05, 4.69) is 63.6 Å². The molecule has 2 aromatic carbocycles. The SMILES string of the molecule is C=C1N(C)c2c(OCc3ccccc3)cc(C)cc2C1(C)C. The molecule has 0 fully saturated rings. The summed E-state index contributed by atoms with van der Waals surface area (Å²) < 4.78 is 6.15. The molecule has 0 atom stereocenters. The molecule has 0 amide bonds. The highest BCUT2D eigenvalue weighted by atomic mass is 16.5. The number of hydrogen-bond donors (Lipinski definition) is 0. The van der Waals surface area contributed by atoms with Crippen LogP contribution < -0.4 is 9.64 Å². The lowest BCUT2D eigenvalue weighted by atomic mass is 9.84. The molecule has 0 aliphatic carbocycles. The third kappa shape index (κ3) is 2.29. The minimum absolute atomic E-state index is 0.0546. The van der Waals surface area contributed by atoms with Crippen molar-refractivity contribution in [3.05, 3.63) is 71.4 Å². The summed E-state index contributed by atoms with van der Waals surface area (Å²) in [5, 5.41) is 0. The van der Waals surface area contributed by atoms with Crippen LogP contribution in [-0.2, 0) is 12.0 Å².